The summed E-state index contributed by atoms with van der Waals surface area (Å²) in [6, 6.07) is 0.408. The van der Waals surface area contributed by atoms with E-state index >= 15 is 0 Å². The van der Waals surface area contributed by atoms with Gasteiger partial charge in [0.05, 0.1) is 0 Å². The fourth-order valence-corrected chi connectivity index (χ4v) is 1.33. The molecule has 1 aliphatic heterocycles. The maximum atomic E-state index is 10.1. The van der Waals surface area contributed by atoms with Crippen molar-refractivity contribution in [3.8, 4) is 0 Å². The molecule has 0 aromatic heterocycles. The lowest BCUT2D eigenvalue weighted by Crippen LogP contribution is -2.27. The van der Waals surface area contributed by atoms with Crippen molar-refractivity contribution in [3.63, 3.8) is 0 Å². The van der Waals surface area contributed by atoms with Crippen molar-refractivity contribution in [2.45, 2.75) is 12.5 Å². The molecule has 2 N–H and O–H groups in total. The standard InChI is InChI=1S/C8H14N2O2/c1-10-5-3-7(6-10)9-4-2-8(11)12/h2,4,7,9H,3,5-6H2,1H3,(H,11,12)/b4-2+. The van der Waals surface area contributed by atoms with E-state index in [1.54, 1.807) is 0 Å². The molecule has 1 aliphatic rings. The Balaban J connectivity index is 2.20. The Labute approximate surface area is 71.9 Å². The third kappa shape index (κ3) is 2.92. The normalized spacial score (nSPS) is 24.9. The van der Waals surface area contributed by atoms with E-state index in [0.717, 1.165) is 25.6 Å². The number of hydrogen-bond donors (Lipinski definition) is 2. The Morgan fingerprint density at radius 3 is 3.00 bits per heavy atom. The van der Waals surface area contributed by atoms with Crippen molar-refractivity contribution in [2.75, 3.05) is 20.1 Å². The highest BCUT2D eigenvalue weighted by Crippen LogP contribution is 2.05. The van der Waals surface area contributed by atoms with Crippen LogP contribution in [-0.2, 0) is 4.79 Å². The van der Waals surface area contributed by atoms with Gasteiger partial charge >= 0.3 is 5.97 Å². The highest BCUT2D eigenvalue weighted by molar-refractivity contribution is 5.79. The van der Waals surface area contributed by atoms with E-state index in [9.17, 15) is 4.79 Å². The second-order valence-electron chi connectivity index (χ2n) is 3.09. The monoisotopic (exact) mass is 170 g/mol. The molecule has 4 nitrogen and oxygen atoms in total. The van der Waals surface area contributed by atoms with E-state index in [4.69, 9.17) is 5.11 Å². The summed E-state index contributed by atoms with van der Waals surface area (Å²) in [5.41, 5.74) is 0. The molecule has 0 bridgehead atoms. The summed E-state index contributed by atoms with van der Waals surface area (Å²) >= 11 is 0. The predicted molar refractivity (Wildman–Crippen MR) is 45.8 cm³/mol. The third-order valence-corrected chi connectivity index (χ3v) is 1.95. The van der Waals surface area contributed by atoms with Crippen molar-refractivity contribution in [2.24, 2.45) is 0 Å². The van der Waals surface area contributed by atoms with Crippen molar-refractivity contribution in [1.29, 1.82) is 0 Å². The topological polar surface area (TPSA) is 52.6 Å². The highest BCUT2D eigenvalue weighted by Gasteiger charge is 2.17. The number of carboxylic acid groups (broad SMARTS) is 1. The van der Waals surface area contributed by atoms with Crippen molar-refractivity contribution in [1.82, 2.24) is 10.2 Å². The van der Waals surface area contributed by atoms with Gasteiger partial charge in [-0.3, -0.25) is 0 Å². The van der Waals surface area contributed by atoms with Crippen LogP contribution in [0.5, 0.6) is 0 Å². The van der Waals surface area contributed by atoms with E-state index in [1.165, 1.54) is 6.20 Å². The van der Waals surface area contributed by atoms with Crippen LogP contribution in [0.4, 0.5) is 0 Å². The summed E-state index contributed by atoms with van der Waals surface area (Å²) in [6.45, 7) is 2.07. The van der Waals surface area contributed by atoms with Crippen LogP contribution in [-0.4, -0.2) is 42.2 Å². The van der Waals surface area contributed by atoms with Crippen LogP contribution in [0.25, 0.3) is 0 Å². The molecular formula is C8H14N2O2. The molecule has 1 unspecified atom stereocenters. The van der Waals surface area contributed by atoms with Crippen LogP contribution in [0.15, 0.2) is 12.3 Å². The summed E-state index contributed by atoms with van der Waals surface area (Å²) in [6.07, 6.45) is 3.71. The molecule has 0 saturated carbocycles. The van der Waals surface area contributed by atoms with Crippen LogP contribution < -0.4 is 5.32 Å². The van der Waals surface area contributed by atoms with Crippen molar-refractivity contribution >= 4 is 5.97 Å². The lowest BCUT2D eigenvalue weighted by molar-refractivity contribution is -0.131. The number of carbonyl (C=O) groups is 1. The molecule has 0 radical (unpaired) electrons. The van der Waals surface area contributed by atoms with E-state index in [2.05, 4.69) is 17.3 Å². The highest BCUT2D eigenvalue weighted by atomic mass is 16.4. The van der Waals surface area contributed by atoms with Crippen LogP contribution in [0.2, 0.25) is 0 Å². The first-order valence-electron chi connectivity index (χ1n) is 4.02. The molecule has 68 valence electrons. The number of rotatable bonds is 3. The molecule has 0 spiro atoms. The fourth-order valence-electron chi connectivity index (χ4n) is 1.33. The van der Waals surface area contributed by atoms with Crippen LogP contribution in [0.3, 0.4) is 0 Å². The lowest BCUT2D eigenvalue weighted by Gasteiger charge is -2.09. The first-order chi connectivity index (χ1) is 5.68. The summed E-state index contributed by atoms with van der Waals surface area (Å²) in [4.78, 5) is 12.3. The number of aliphatic carboxylic acids is 1. The predicted octanol–water partition coefficient (Wildman–Crippen LogP) is -0.122. The Morgan fingerprint density at radius 2 is 2.50 bits per heavy atom. The molecule has 0 aromatic carbocycles. The average molecular weight is 170 g/mol. The largest absolute Gasteiger partial charge is 0.478 e. The quantitative estimate of drug-likeness (QED) is 0.580. The van der Waals surface area contributed by atoms with Crippen molar-refractivity contribution in [3.05, 3.63) is 12.3 Å². The van der Waals surface area contributed by atoms with Gasteiger partial charge in [-0.1, -0.05) is 0 Å². The summed E-state index contributed by atoms with van der Waals surface area (Å²) in [7, 11) is 2.06. The summed E-state index contributed by atoms with van der Waals surface area (Å²) in [5, 5.41) is 11.3. The summed E-state index contributed by atoms with van der Waals surface area (Å²) in [5.74, 6) is -0.908. The Morgan fingerprint density at radius 1 is 1.75 bits per heavy atom. The zero-order valence-electron chi connectivity index (χ0n) is 7.16. The van der Waals surface area contributed by atoms with Gasteiger partial charge in [-0.05, 0) is 20.0 Å². The van der Waals surface area contributed by atoms with Gasteiger partial charge in [0.15, 0.2) is 0 Å². The zero-order chi connectivity index (χ0) is 8.97. The number of carboxylic acids is 1. The smallest absolute Gasteiger partial charge is 0.329 e. The molecule has 4 heteroatoms. The second kappa shape index (κ2) is 4.11. The Hall–Kier alpha value is -1.03. The van der Waals surface area contributed by atoms with Crippen LogP contribution in [0, 0.1) is 0 Å². The molecule has 1 atom stereocenters. The van der Waals surface area contributed by atoms with E-state index in [1.807, 2.05) is 0 Å². The molecule has 1 rings (SSSR count). The Bertz CT molecular complexity index is 191. The molecule has 1 fully saturated rings. The molecule has 0 aliphatic carbocycles. The maximum Gasteiger partial charge on any atom is 0.329 e. The van der Waals surface area contributed by atoms with E-state index in [0.29, 0.717) is 6.04 Å². The molecule has 1 heterocycles. The number of hydrogen-bond acceptors (Lipinski definition) is 3. The maximum absolute atomic E-state index is 10.1. The third-order valence-electron chi connectivity index (χ3n) is 1.95. The van der Waals surface area contributed by atoms with Crippen molar-refractivity contribution < 1.29 is 9.90 Å². The minimum atomic E-state index is -0.908. The second-order valence-corrected chi connectivity index (χ2v) is 3.09. The van der Waals surface area contributed by atoms with E-state index < -0.39 is 5.97 Å². The molecule has 0 amide bonds. The van der Waals surface area contributed by atoms with Gasteiger partial charge in [0.2, 0.25) is 0 Å². The SMILES string of the molecule is CN1CCC(N/C=C/C(=O)O)C1. The first-order valence-corrected chi connectivity index (χ1v) is 4.02. The van der Waals surface area contributed by atoms with Gasteiger partial charge in [0, 0.05) is 24.9 Å². The molecular weight excluding hydrogens is 156 g/mol. The fraction of sp³-hybridized carbons (Fsp3) is 0.625. The minimum Gasteiger partial charge on any atom is -0.478 e. The molecule has 0 aromatic rings. The van der Waals surface area contributed by atoms with Gasteiger partial charge < -0.3 is 15.3 Å². The van der Waals surface area contributed by atoms with Gasteiger partial charge in [0.25, 0.3) is 0 Å². The first kappa shape index (κ1) is 9.06. The number of nitrogens with one attached hydrogen (secondary N) is 1. The van der Waals surface area contributed by atoms with Gasteiger partial charge in [0.1, 0.15) is 0 Å². The Kier molecular flexibility index (Phi) is 3.10. The average Bonchev–Trinajstić information content (AvgIpc) is 2.35. The number of likely N-dealkylation sites (N-methyl/N-ethyl adjacent to an activating group) is 1. The van der Waals surface area contributed by atoms with Gasteiger partial charge in [-0.25, -0.2) is 4.79 Å². The van der Waals surface area contributed by atoms with Crippen LogP contribution >= 0.6 is 0 Å². The summed E-state index contributed by atoms with van der Waals surface area (Å²) < 4.78 is 0. The van der Waals surface area contributed by atoms with Gasteiger partial charge in [-0.2, -0.15) is 0 Å². The lowest BCUT2D eigenvalue weighted by atomic mass is 10.3. The van der Waals surface area contributed by atoms with E-state index in [-0.39, 0.29) is 0 Å². The molecule has 12 heavy (non-hydrogen) atoms. The zero-order valence-corrected chi connectivity index (χ0v) is 7.16. The molecule has 1 saturated heterocycles. The van der Waals surface area contributed by atoms with Crippen LogP contribution in [0.1, 0.15) is 6.42 Å². The van der Waals surface area contributed by atoms with Gasteiger partial charge in [-0.15, -0.1) is 0 Å². The minimum absolute atomic E-state index is 0.408. The number of likely N-dealkylation sites (tertiary alicyclic amines) is 1. The number of nitrogens with zero attached hydrogens (tertiary/aromatic N) is 1.